The van der Waals surface area contributed by atoms with Crippen LogP contribution < -0.4 is 10.2 Å². The lowest BCUT2D eigenvalue weighted by Gasteiger charge is -2.08. The highest BCUT2D eigenvalue weighted by Gasteiger charge is 2.06. The number of ether oxygens (including phenoxy) is 1. The lowest BCUT2D eigenvalue weighted by Crippen LogP contribution is -1.98. The molecule has 0 radical (unpaired) electrons. The Morgan fingerprint density at radius 2 is 1.87 bits per heavy atom. The molecule has 7 heteroatoms. The Labute approximate surface area is 182 Å². The minimum absolute atomic E-state index is 0.183. The smallest absolute Gasteiger partial charge is 0.203 e. The molecule has 1 heterocycles. The third-order valence-electron chi connectivity index (χ3n) is 4.21. The molecule has 0 aliphatic carbocycles. The molecular formula is C23H17ClFN3OS. The molecule has 0 fully saturated rings. The van der Waals surface area contributed by atoms with E-state index in [1.807, 2.05) is 47.8 Å². The van der Waals surface area contributed by atoms with Crippen LogP contribution in [0.15, 0.2) is 83.3 Å². The summed E-state index contributed by atoms with van der Waals surface area (Å²) in [6.07, 6.45) is 1.54. The topological polar surface area (TPSA) is 46.5 Å². The number of thiazole rings is 1. The van der Waals surface area contributed by atoms with E-state index >= 15 is 0 Å². The molecular weight excluding hydrogens is 421 g/mol. The van der Waals surface area contributed by atoms with Gasteiger partial charge in [0.05, 0.1) is 11.9 Å². The van der Waals surface area contributed by atoms with Gasteiger partial charge in [-0.15, -0.1) is 11.3 Å². The number of nitrogens with one attached hydrogen (secondary N) is 1. The fourth-order valence-electron chi connectivity index (χ4n) is 2.68. The van der Waals surface area contributed by atoms with Crippen LogP contribution in [0, 0.1) is 5.82 Å². The first kappa shape index (κ1) is 20.1. The molecule has 0 aliphatic rings. The van der Waals surface area contributed by atoms with Gasteiger partial charge in [-0.3, -0.25) is 5.43 Å². The molecule has 0 saturated heterocycles. The predicted octanol–water partition coefficient (Wildman–Crippen LogP) is 6.63. The molecule has 4 rings (SSSR count). The van der Waals surface area contributed by atoms with Gasteiger partial charge in [0.1, 0.15) is 6.61 Å². The van der Waals surface area contributed by atoms with E-state index in [2.05, 4.69) is 15.5 Å². The van der Waals surface area contributed by atoms with Crippen LogP contribution >= 0.6 is 22.9 Å². The molecule has 150 valence electrons. The molecule has 0 amide bonds. The molecule has 1 N–H and O–H groups in total. The molecule has 0 saturated carbocycles. The zero-order chi connectivity index (χ0) is 20.8. The van der Waals surface area contributed by atoms with Gasteiger partial charge in [-0.25, -0.2) is 9.37 Å². The maximum absolute atomic E-state index is 14.3. The average Bonchev–Trinajstić information content (AvgIpc) is 3.24. The summed E-state index contributed by atoms with van der Waals surface area (Å²) >= 11 is 7.31. The standard InChI is InChI=1S/C23H17ClFN3OS/c24-19-9-6-16(7-10-19)14-29-22-11-8-17(12-20(22)25)13-26-28-23-27-21(15-30-23)18-4-2-1-3-5-18/h1-13,15H,14H2,(H,27,28). The highest BCUT2D eigenvalue weighted by atomic mass is 35.5. The minimum atomic E-state index is -0.450. The number of hydrogen-bond acceptors (Lipinski definition) is 5. The van der Waals surface area contributed by atoms with E-state index in [0.717, 1.165) is 16.8 Å². The highest BCUT2D eigenvalue weighted by Crippen LogP contribution is 2.24. The van der Waals surface area contributed by atoms with Crippen LogP contribution in [0.5, 0.6) is 5.75 Å². The first-order valence-electron chi connectivity index (χ1n) is 9.14. The van der Waals surface area contributed by atoms with Crippen molar-refractivity contribution in [3.05, 3.63) is 100 Å². The van der Waals surface area contributed by atoms with Crippen molar-refractivity contribution in [3.8, 4) is 17.0 Å². The van der Waals surface area contributed by atoms with E-state index in [4.69, 9.17) is 16.3 Å². The van der Waals surface area contributed by atoms with E-state index in [1.165, 1.54) is 23.6 Å². The van der Waals surface area contributed by atoms with E-state index in [9.17, 15) is 4.39 Å². The van der Waals surface area contributed by atoms with Crippen molar-refractivity contribution in [1.82, 2.24) is 4.98 Å². The van der Waals surface area contributed by atoms with Gasteiger partial charge in [-0.1, -0.05) is 54.1 Å². The number of hydrogen-bond donors (Lipinski definition) is 1. The van der Waals surface area contributed by atoms with Crippen LogP contribution in [-0.2, 0) is 6.61 Å². The molecule has 1 aromatic heterocycles. The van der Waals surface area contributed by atoms with Crippen molar-refractivity contribution in [2.75, 3.05) is 5.43 Å². The Morgan fingerprint density at radius 1 is 1.07 bits per heavy atom. The van der Waals surface area contributed by atoms with Crippen molar-refractivity contribution in [2.24, 2.45) is 5.10 Å². The van der Waals surface area contributed by atoms with E-state index in [1.54, 1.807) is 24.3 Å². The molecule has 30 heavy (non-hydrogen) atoms. The van der Waals surface area contributed by atoms with Gasteiger partial charge in [-0.2, -0.15) is 5.10 Å². The maximum Gasteiger partial charge on any atom is 0.203 e. The van der Waals surface area contributed by atoms with E-state index in [0.29, 0.717) is 15.7 Å². The van der Waals surface area contributed by atoms with Crippen molar-refractivity contribution < 1.29 is 9.13 Å². The minimum Gasteiger partial charge on any atom is -0.486 e. The molecule has 3 aromatic carbocycles. The predicted molar refractivity (Wildman–Crippen MR) is 121 cm³/mol. The van der Waals surface area contributed by atoms with Crippen LogP contribution in [0.2, 0.25) is 5.02 Å². The second kappa shape index (κ2) is 9.52. The Hall–Kier alpha value is -3.22. The molecule has 0 aliphatic heterocycles. The number of anilines is 1. The second-order valence-electron chi connectivity index (χ2n) is 6.38. The van der Waals surface area contributed by atoms with Gasteiger partial charge in [-0.05, 0) is 41.5 Å². The van der Waals surface area contributed by atoms with Gasteiger partial charge in [0.25, 0.3) is 0 Å². The van der Waals surface area contributed by atoms with Crippen molar-refractivity contribution in [1.29, 1.82) is 0 Å². The lowest BCUT2D eigenvalue weighted by molar-refractivity contribution is 0.290. The van der Waals surface area contributed by atoms with Crippen LogP contribution in [0.3, 0.4) is 0 Å². The molecule has 0 unspecified atom stereocenters. The van der Waals surface area contributed by atoms with Gasteiger partial charge < -0.3 is 4.74 Å². The Kier molecular flexibility index (Phi) is 6.37. The molecule has 0 bridgehead atoms. The average molecular weight is 438 g/mol. The Bertz CT molecular complexity index is 1150. The third-order valence-corrected chi connectivity index (χ3v) is 5.21. The van der Waals surface area contributed by atoms with E-state index in [-0.39, 0.29) is 12.4 Å². The Morgan fingerprint density at radius 3 is 2.63 bits per heavy atom. The Balaban J connectivity index is 1.34. The summed E-state index contributed by atoms with van der Waals surface area (Å²) in [5.41, 5.74) is 6.32. The van der Waals surface area contributed by atoms with Crippen molar-refractivity contribution in [2.45, 2.75) is 6.61 Å². The zero-order valence-electron chi connectivity index (χ0n) is 15.8. The highest BCUT2D eigenvalue weighted by molar-refractivity contribution is 7.14. The third kappa shape index (κ3) is 5.23. The number of rotatable bonds is 7. The molecule has 4 aromatic rings. The van der Waals surface area contributed by atoms with Crippen LogP contribution in [0.25, 0.3) is 11.3 Å². The van der Waals surface area contributed by atoms with Gasteiger partial charge in [0.15, 0.2) is 11.6 Å². The summed E-state index contributed by atoms with van der Waals surface area (Å²) in [5.74, 6) is -0.268. The largest absolute Gasteiger partial charge is 0.486 e. The maximum atomic E-state index is 14.3. The summed E-state index contributed by atoms with van der Waals surface area (Å²) in [5, 5.41) is 7.41. The number of benzene rings is 3. The van der Waals surface area contributed by atoms with Crippen LogP contribution in [-0.4, -0.2) is 11.2 Å². The van der Waals surface area contributed by atoms with Crippen molar-refractivity contribution >= 4 is 34.3 Å². The van der Waals surface area contributed by atoms with Crippen LogP contribution in [0.1, 0.15) is 11.1 Å². The van der Waals surface area contributed by atoms with Crippen LogP contribution in [0.4, 0.5) is 9.52 Å². The summed E-state index contributed by atoms with van der Waals surface area (Å²) in [6.45, 7) is 0.261. The molecule has 4 nitrogen and oxygen atoms in total. The first-order chi connectivity index (χ1) is 14.7. The fraction of sp³-hybridized carbons (Fsp3) is 0.0435. The normalized spacial score (nSPS) is 11.0. The quantitative estimate of drug-likeness (QED) is 0.261. The van der Waals surface area contributed by atoms with Gasteiger partial charge in [0, 0.05) is 16.0 Å². The molecule has 0 atom stereocenters. The van der Waals surface area contributed by atoms with Crippen molar-refractivity contribution in [3.63, 3.8) is 0 Å². The fourth-order valence-corrected chi connectivity index (χ4v) is 3.48. The van der Waals surface area contributed by atoms with Gasteiger partial charge in [0.2, 0.25) is 5.13 Å². The monoisotopic (exact) mass is 437 g/mol. The number of hydrazone groups is 1. The molecule has 0 spiro atoms. The summed E-state index contributed by atoms with van der Waals surface area (Å²) in [6, 6.07) is 21.8. The number of halogens is 2. The first-order valence-corrected chi connectivity index (χ1v) is 10.4. The zero-order valence-corrected chi connectivity index (χ0v) is 17.3. The van der Waals surface area contributed by atoms with E-state index < -0.39 is 5.82 Å². The lowest BCUT2D eigenvalue weighted by atomic mass is 10.2. The SMILES string of the molecule is Fc1cc(C=NNc2nc(-c3ccccc3)cs2)ccc1OCc1ccc(Cl)cc1. The number of nitrogens with zero attached hydrogens (tertiary/aromatic N) is 2. The van der Waals surface area contributed by atoms with Gasteiger partial charge >= 0.3 is 0 Å². The second-order valence-corrected chi connectivity index (χ2v) is 7.67. The number of aromatic nitrogens is 1. The summed E-state index contributed by atoms with van der Waals surface area (Å²) < 4.78 is 19.9. The summed E-state index contributed by atoms with van der Waals surface area (Å²) in [7, 11) is 0. The summed E-state index contributed by atoms with van der Waals surface area (Å²) in [4.78, 5) is 4.49.